The molecule has 0 saturated carbocycles. The second kappa shape index (κ2) is 12.2. The summed E-state index contributed by atoms with van der Waals surface area (Å²) in [6, 6.07) is 64.9. The molecule has 10 rings (SSSR count). The molecule has 0 aliphatic heterocycles. The lowest BCUT2D eigenvalue weighted by Gasteiger charge is -2.16. The second-order valence-electron chi connectivity index (χ2n) is 12.9. The molecule has 2 heterocycles. The van der Waals surface area contributed by atoms with Crippen molar-refractivity contribution in [2.24, 2.45) is 0 Å². The van der Waals surface area contributed by atoms with E-state index in [1.165, 1.54) is 64.0 Å². The minimum absolute atomic E-state index is 0.711. The van der Waals surface area contributed by atoms with Gasteiger partial charge in [0.1, 0.15) is 0 Å². The van der Waals surface area contributed by atoms with E-state index in [-0.39, 0.29) is 0 Å². The van der Waals surface area contributed by atoms with Crippen molar-refractivity contribution < 1.29 is 0 Å². The van der Waals surface area contributed by atoms with E-state index in [9.17, 15) is 0 Å². The molecule has 0 aliphatic rings. The standard InChI is InChI=1S/C48H30N2S/c1-3-14-31(15-4-1)33-26-28-39(36-20-9-7-18-34(33)36)44-30-45(50-48(49-44)32-16-5-2-6-17-32)40-29-27-38(35-19-8-10-21-37(35)40)42-23-13-24-43-41-22-11-12-25-46(41)51-47(42)43/h1-30H. The summed E-state index contributed by atoms with van der Waals surface area (Å²) in [5, 5.41) is 7.36. The first-order chi connectivity index (χ1) is 25.3. The van der Waals surface area contributed by atoms with Crippen LogP contribution in [0, 0.1) is 0 Å². The molecule has 0 atom stereocenters. The van der Waals surface area contributed by atoms with Crippen molar-refractivity contribution >= 4 is 53.1 Å². The van der Waals surface area contributed by atoms with Crippen LogP contribution >= 0.6 is 11.3 Å². The number of nitrogens with zero attached hydrogens (tertiary/aromatic N) is 2. The van der Waals surface area contributed by atoms with Gasteiger partial charge in [0.15, 0.2) is 5.82 Å². The summed E-state index contributed by atoms with van der Waals surface area (Å²) in [7, 11) is 0. The van der Waals surface area contributed by atoms with Crippen molar-refractivity contribution in [3.05, 3.63) is 182 Å². The van der Waals surface area contributed by atoms with Crippen LogP contribution in [0.5, 0.6) is 0 Å². The summed E-state index contributed by atoms with van der Waals surface area (Å²) >= 11 is 1.87. The summed E-state index contributed by atoms with van der Waals surface area (Å²) in [6.07, 6.45) is 0. The zero-order valence-electron chi connectivity index (χ0n) is 27.6. The zero-order valence-corrected chi connectivity index (χ0v) is 28.4. The molecule has 238 valence electrons. The van der Waals surface area contributed by atoms with Gasteiger partial charge in [-0.25, -0.2) is 9.97 Å². The van der Waals surface area contributed by atoms with E-state index in [0.717, 1.165) is 28.1 Å². The average molecular weight is 667 g/mol. The van der Waals surface area contributed by atoms with Crippen LogP contribution in [0.4, 0.5) is 0 Å². The summed E-state index contributed by atoms with van der Waals surface area (Å²) in [5.41, 5.74) is 9.86. The van der Waals surface area contributed by atoms with E-state index in [1.54, 1.807) is 0 Å². The van der Waals surface area contributed by atoms with Crippen LogP contribution in [0.3, 0.4) is 0 Å². The Morgan fingerprint density at radius 1 is 0.314 bits per heavy atom. The monoisotopic (exact) mass is 666 g/mol. The van der Waals surface area contributed by atoms with Crippen LogP contribution in [-0.2, 0) is 0 Å². The maximum atomic E-state index is 5.27. The molecule has 10 aromatic rings. The van der Waals surface area contributed by atoms with Crippen LogP contribution in [-0.4, -0.2) is 9.97 Å². The van der Waals surface area contributed by atoms with E-state index in [0.29, 0.717) is 5.82 Å². The third kappa shape index (κ3) is 5.01. The van der Waals surface area contributed by atoms with Crippen LogP contribution in [0.1, 0.15) is 0 Å². The van der Waals surface area contributed by atoms with Gasteiger partial charge in [0.2, 0.25) is 0 Å². The number of benzene rings is 8. The number of rotatable bonds is 5. The highest BCUT2D eigenvalue weighted by molar-refractivity contribution is 7.26. The molecule has 0 amide bonds. The Kier molecular flexibility index (Phi) is 7.04. The molecule has 51 heavy (non-hydrogen) atoms. The molecule has 0 N–H and O–H groups in total. The Bertz CT molecular complexity index is 2910. The van der Waals surface area contributed by atoms with E-state index < -0.39 is 0 Å². The minimum atomic E-state index is 0.711. The molecule has 0 unspecified atom stereocenters. The van der Waals surface area contributed by atoms with E-state index in [4.69, 9.17) is 9.97 Å². The topological polar surface area (TPSA) is 25.8 Å². The van der Waals surface area contributed by atoms with E-state index in [1.807, 2.05) is 29.5 Å². The van der Waals surface area contributed by atoms with Gasteiger partial charge < -0.3 is 0 Å². The predicted octanol–water partition coefficient (Wildman–Crippen LogP) is 13.5. The summed E-state index contributed by atoms with van der Waals surface area (Å²) < 4.78 is 2.63. The number of aromatic nitrogens is 2. The fourth-order valence-electron chi connectivity index (χ4n) is 7.55. The Morgan fingerprint density at radius 3 is 1.43 bits per heavy atom. The van der Waals surface area contributed by atoms with Gasteiger partial charge in [-0.2, -0.15) is 0 Å². The molecule has 0 fully saturated rings. The first-order valence-electron chi connectivity index (χ1n) is 17.2. The molecular weight excluding hydrogens is 637 g/mol. The Labute approximate surface area is 300 Å². The second-order valence-corrected chi connectivity index (χ2v) is 13.9. The molecule has 0 spiro atoms. The molecule has 0 saturated heterocycles. The van der Waals surface area contributed by atoms with Crippen LogP contribution in [0.25, 0.3) is 97.9 Å². The minimum Gasteiger partial charge on any atom is -0.228 e. The highest BCUT2D eigenvalue weighted by Crippen LogP contribution is 2.44. The molecule has 2 aromatic heterocycles. The van der Waals surface area contributed by atoms with Gasteiger partial charge in [-0.3, -0.25) is 0 Å². The normalized spacial score (nSPS) is 11.5. The molecule has 3 heteroatoms. The Balaban J connectivity index is 1.19. The van der Waals surface area contributed by atoms with Gasteiger partial charge in [-0.1, -0.05) is 170 Å². The highest BCUT2D eigenvalue weighted by atomic mass is 32.1. The number of hydrogen-bond donors (Lipinski definition) is 0. The third-order valence-corrected chi connectivity index (χ3v) is 11.2. The number of fused-ring (bicyclic) bond motifs is 5. The molecule has 0 aliphatic carbocycles. The molecule has 0 bridgehead atoms. The van der Waals surface area contributed by atoms with Crippen LogP contribution < -0.4 is 0 Å². The van der Waals surface area contributed by atoms with Gasteiger partial charge in [-0.15, -0.1) is 11.3 Å². The van der Waals surface area contributed by atoms with Crippen LogP contribution in [0.15, 0.2) is 182 Å². The quantitative estimate of drug-likeness (QED) is 0.183. The first-order valence-corrected chi connectivity index (χ1v) is 18.1. The van der Waals surface area contributed by atoms with Gasteiger partial charge in [0.25, 0.3) is 0 Å². The van der Waals surface area contributed by atoms with Crippen molar-refractivity contribution in [2.45, 2.75) is 0 Å². The lowest BCUT2D eigenvalue weighted by atomic mass is 9.91. The fourth-order valence-corrected chi connectivity index (χ4v) is 8.78. The summed E-state index contributed by atoms with van der Waals surface area (Å²) in [6.45, 7) is 0. The Hall–Kier alpha value is -6.42. The van der Waals surface area contributed by atoms with Gasteiger partial charge in [0, 0.05) is 42.4 Å². The average Bonchev–Trinajstić information content (AvgIpc) is 3.60. The maximum Gasteiger partial charge on any atom is 0.160 e. The molecule has 8 aromatic carbocycles. The van der Waals surface area contributed by atoms with E-state index >= 15 is 0 Å². The van der Waals surface area contributed by atoms with Crippen molar-refractivity contribution in [3.8, 4) is 56.2 Å². The highest BCUT2D eigenvalue weighted by Gasteiger charge is 2.18. The SMILES string of the molecule is c1ccc(-c2nc(-c3ccc(-c4ccccc4)c4ccccc34)cc(-c3ccc(-c4cccc5c4sc4ccccc45)c4ccccc34)n2)cc1. The maximum absolute atomic E-state index is 5.27. The fraction of sp³-hybridized carbons (Fsp3) is 0. The summed E-state index contributed by atoms with van der Waals surface area (Å²) in [4.78, 5) is 10.5. The van der Waals surface area contributed by atoms with Crippen molar-refractivity contribution in [1.82, 2.24) is 9.97 Å². The lowest BCUT2D eigenvalue weighted by molar-refractivity contribution is 1.19. The first kappa shape index (κ1) is 29.5. The van der Waals surface area contributed by atoms with Crippen molar-refractivity contribution in [1.29, 1.82) is 0 Å². The van der Waals surface area contributed by atoms with Crippen molar-refractivity contribution in [3.63, 3.8) is 0 Å². The van der Waals surface area contributed by atoms with Gasteiger partial charge >= 0.3 is 0 Å². The van der Waals surface area contributed by atoms with Crippen molar-refractivity contribution in [2.75, 3.05) is 0 Å². The predicted molar refractivity (Wildman–Crippen MR) is 217 cm³/mol. The largest absolute Gasteiger partial charge is 0.228 e. The summed E-state index contributed by atoms with van der Waals surface area (Å²) in [5.74, 6) is 0.711. The number of hydrogen-bond acceptors (Lipinski definition) is 3. The molecular formula is C48H30N2S. The number of thiophene rings is 1. The van der Waals surface area contributed by atoms with Gasteiger partial charge in [-0.05, 0) is 50.4 Å². The smallest absolute Gasteiger partial charge is 0.160 e. The molecule has 2 nitrogen and oxygen atoms in total. The Morgan fingerprint density at radius 2 is 0.784 bits per heavy atom. The zero-order chi connectivity index (χ0) is 33.7. The van der Waals surface area contributed by atoms with Gasteiger partial charge in [0.05, 0.1) is 11.4 Å². The third-order valence-electron chi connectivity index (χ3n) is 9.94. The van der Waals surface area contributed by atoms with E-state index in [2.05, 4.69) is 164 Å². The molecule has 0 radical (unpaired) electrons. The van der Waals surface area contributed by atoms with Crippen LogP contribution in [0.2, 0.25) is 0 Å². The lowest BCUT2D eigenvalue weighted by Crippen LogP contribution is -1.97.